The van der Waals surface area contributed by atoms with E-state index in [-0.39, 0.29) is 43.0 Å². The van der Waals surface area contributed by atoms with E-state index >= 15 is 0 Å². The minimum absolute atomic E-state index is 0.0327. The summed E-state index contributed by atoms with van der Waals surface area (Å²) in [4.78, 5) is 31.2. The van der Waals surface area contributed by atoms with Crippen LogP contribution in [-0.2, 0) is 16.0 Å². The van der Waals surface area contributed by atoms with Crippen molar-refractivity contribution < 1.29 is 24.2 Å². The summed E-state index contributed by atoms with van der Waals surface area (Å²) < 4.78 is 12.8. The van der Waals surface area contributed by atoms with Crippen molar-refractivity contribution in [3.8, 4) is 5.75 Å². The number of amides is 2. The molecule has 0 bridgehead atoms. The van der Waals surface area contributed by atoms with Crippen LogP contribution < -0.4 is 10.1 Å². The van der Waals surface area contributed by atoms with Gasteiger partial charge in [-0.1, -0.05) is 37.3 Å². The second-order valence-electron chi connectivity index (χ2n) is 12.4. The van der Waals surface area contributed by atoms with Crippen molar-refractivity contribution in [2.45, 2.75) is 77.5 Å². The largest absolute Gasteiger partial charge is 0.490 e. The van der Waals surface area contributed by atoms with Crippen LogP contribution >= 0.6 is 0 Å². The average molecular weight is 580 g/mol. The highest BCUT2D eigenvalue weighted by atomic mass is 16.5. The van der Waals surface area contributed by atoms with Crippen LogP contribution in [0.15, 0.2) is 48.5 Å². The smallest absolute Gasteiger partial charge is 0.258 e. The van der Waals surface area contributed by atoms with E-state index in [0.29, 0.717) is 30.2 Å². The molecule has 2 amide bonds. The number of ether oxygens (including phenoxy) is 2. The normalized spacial score (nSPS) is 23.0. The van der Waals surface area contributed by atoms with Gasteiger partial charge < -0.3 is 29.7 Å². The highest BCUT2D eigenvalue weighted by molar-refractivity contribution is 6.00. The molecule has 4 atom stereocenters. The zero-order valence-electron chi connectivity index (χ0n) is 25.8. The van der Waals surface area contributed by atoms with Gasteiger partial charge in [-0.3, -0.25) is 9.59 Å². The van der Waals surface area contributed by atoms with Crippen LogP contribution in [-0.4, -0.2) is 84.9 Å². The topological polar surface area (TPSA) is 91.3 Å². The van der Waals surface area contributed by atoms with Crippen molar-refractivity contribution in [2.24, 2.45) is 11.8 Å². The molecule has 4 rings (SSSR count). The maximum absolute atomic E-state index is 14.2. The first-order valence-electron chi connectivity index (χ1n) is 15.6. The highest BCUT2D eigenvalue weighted by Crippen LogP contribution is 2.30. The fourth-order valence-electron chi connectivity index (χ4n) is 5.57. The number of fused-ring (bicyclic) bond motifs is 1. The van der Waals surface area contributed by atoms with Crippen LogP contribution in [0.4, 0.5) is 5.69 Å². The predicted molar refractivity (Wildman–Crippen MR) is 166 cm³/mol. The number of benzene rings is 2. The summed E-state index contributed by atoms with van der Waals surface area (Å²) in [7, 11) is 2.15. The zero-order chi connectivity index (χ0) is 30.1. The lowest BCUT2D eigenvalue weighted by molar-refractivity contribution is -0.115. The third kappa shape index (κ3) is 9.54. The van der Waals surface area contributed by atoms with Gasteiger partial charge in [0.25, 0.3) is 5.91 Å². The first-order chi connectivity index (χ1) is 20.2. The third-order valence-corrected chi connectivity index (χ3v) is 8.30. The molecule has 1 fully saturated rings. The van der Waals surface area contributed by atoms with Crippen LogP contribution in [0.25, 0.3) is 0 Å². The second kappa shape index (κ2) is 15.5. The zero-order valence-corrected chi connectivity index (χ0v) is 25.8. The van der Waals surface area contributed by atoms with E-state index < -0.39 is 6.04 Å². The number of hydrogen-bond acceptors (Lipinski definition) is 6. The van der Waals surface area contributed by atoms with Gasteiger partial charge in [-0.15, -0.1) is 0 Å². The van der Waals surface area contributed by atoms with E-state index in [1.54, 1.807) is 23.1 Å². The molecule has 0 radical (unpaired) electrons. The van der Waals surface area contributed by atoms with Gasteiger partial charge >= 0.3 is 0 Å². The van der Waals surface area contributed by atoms with E-state index in [4.69, 9.17) is 9.47 Å². The summed E-state index contributed by atoms with van der Waals surface area (Å²) in [6.07, 6.45) is 5.46. The van der Waals surface area contributed by atoms with E-state index in [9.17, 15) is 14.7 Å². The minimum Gasteiger partial charge on any atom is -0.490 e. The van der Waals surface area contributed by atoms with Gasteiger partial charge in [-0.05, 0) is 82.7 Å². The molecule has 0 saturated heterocycles. The SMILES string of the molecule is C[C@H](CO)N1C[C@H](C)[C@H](CN(C)CC2CC2)OCCCC[C@H](C)Oc2ccc(NC(=O)Cc3ccccc3)cc2C1=O. The number of carbonyl (C=O) groups excluding carboxylic acids is 2. The molecule has 8 nitrogen and oxygen atoms in total. The molecule has 1 heterocycles. The summed E-state index contributed by atoms with van der Waals surface area (Å²) in [5, 5.41) is 13.1. The molecule has 2 aromatic carbocycles. The minimum atomic E-state index is -0.403. The quantitative estimate of drug-likeness (QED) is 0.434. The predicted octanol–water partition coefficient (Wildman–Crippen LogP) is 5.01. The molecule has 2 N–H and O–H groups in total. The van der Waals surface area contributed by atoms with Gasteiger partial charge in [-0.25, -0.2) is 0 Å². The van der Waals surface area contributed by atoms with Crippen molar-refractivity contribution in [1.82, 2.24) is 9.80 Å². The maximum Gasteiger partial charge on any atom is 0.258 e. The summed E-state index contributed by atoms with van der Waals surface area (Å²) in [6, 6.07) is 14.4. The molecule has 230 valence electrons. The molecule has 2 aromatic rings. The van der Waals surface area contributed by atoms with Gasteiger partial charge in [-0.2, -0.15) is 0 Å². The molecular formula is C34H49N3O5. The maximum atomic E-state index is 14.2. The van der Waals surface area contributed by atoms with E-state index in [1.807, 2.05) is 44.2 Å². The van der Waals surface area contributed by atoms with Crippen molar-refractivity contribution >= 4 is 17.5 Å². The summed E-state index contributed by atoms with van der Waals surface area (Å²) in [6.45, 7) is 8.83. The fourth-order valence-corrected chi connectivity index (χ4v) is 5.57. The van der Waals surface area contributed by atoms with Crippen molar-refractivity contribution in [3.05, 3.63) is 59.7 Å². The van der Waals surface area contributed by atoms with Crippen LogP contribution in [0.2, 0.25) is 0 Å². The van der Waals surface area contributed by atoms with Gasteiger partial charge in [0.15, 0.2) is 0 Å². The lowest BCUT2D eigenvalue weighted by Crippen LogP contribution is -2.47. The second-order valence-corrected chi connectivity index (χ2v) is 12.4. The lowest BCUT2D eigenvalue weighted by atomic mass is 10.0. The molecule has 1 saturated carbocycles. The lowest BCUT2D eigenvalue weighted by Gasteiger charge is -2.36. The number of carbonyl (C=O) groups is 2. The summed E-state index contributed by atoms with van der Waals surface area (Å²) >= 11 is 0. The molecule has 8 heteroatoms. The molecule has 0 spiro atoms. The Morgan fingerprint density at radius 2 is 1.86 bits per heavy atom. The number of likely N-dealkylation sites (N-methyl/N-ethyl adjacent to an activating group) is 1. The molecule has 0 unspecified atom stereocenters. The molecule has 2 aliphatic rings. The Hall–Kier alpha value is -2.94. The Morgan fingerprint density at radius 3 is 2.57 bits per heavy atom. The van der Waals surface area contributed by atoms with Crippen LogP contribution in [0.3, 0.4) is 0 Å². The number of anilines is 1. The molecule has 1 aliphatic heterocycles. The Balaban J connectivity index is 1.59. The number of hydrogen-bond donors (Lipinski definition) is 2. The number of nitrogens with one attached hydrogen (secondary N) is 1. The third-order valence-electron chi connectivity index (χ3n) is 8.30. The van der Waals surface area contributed by atoms with E-state index in [1.165, 1.54) is 12.8 Å². The molecule has 0 aromatic heterocycles. The summed E-state index contributed by atoms with van der Waals surface area (Å²) in [5.74, 6) is 0.937. The molecular weight excluding hydrogens is 530 g/mol. The Bertz CT molecular complexity index is 1160. The van der Waals surface area contributed by atoms with E-state index in [2.05, 4.69) is 24.2 Å². The van der Waals surface area contributed by atoms with Crippen LogP contribution in [0.5, 0.6) is 5.75 Å². The van der Waals surface area contributed by atoms with Gasteiger partial charge in [0.1, 0.15) is 5.75 Å². The first kappa shape index (κ1) is 32.0. The van der Waals surface area contributed by atoms with Crippen molar-refractivity contribution in [2.75, 3.05) is 45.2 Å². The van der Waals surface area contributed by atoms with Gasteiger partial charge in [0, 0.05) is 37.8 Å². The van der Waals surface area contributed by atoms with Gasteiger partial charge in [0.2, 0.25) is 5.91 Å². The molecule has 42 heavy (non-hydrogen) atoms. The average Bonchev–Trinajstić information content (AvgIpc) is 3.79. The Morgan fingerprint density at radius 1 is 1.10 bits per heavy atom. The van der Waals surface area contributed by atoms with Crippen molar-refractivity contribution in [1.29, 1.82) is 0 Å². The monoisotopic (exact) mass is 579 g/mol. The first-order valence-corrected chi connectivity index (χ1v) is 15.6. The van der Waals surface area contributed by atoms with Gasteiger partial charge in [0.05, 0.1) is 36.8 Å². The molecule has 1 aliphatic carbocycles. The standard InChI is InChI=1S/C34H49N3O5/c1-24-20-37(25(2)23-38)34(40)30-19-29(35-33(39)18-27-11-6-5-7-12-27)15-16-31(30)42-26(3)10-8-9-17-41-32(24)22-36(4)21-28-13-14-28/h5-7,11-12,15-16,19,24-26,28,32,38H,8-10,13-14,17-18,20-23H2,1-4H3,(H,35,39)/t24-,25+,26-,32-/m0/s1. The van der Waals surface area contributed by atoms with E-state index in [0.717, 1.165) is 43.8 Å². The van der Waals surface area contributed by atoms with Crippen molar-refractivity contribution in [3.63, 3.8) is 0 Å². The fraction of sp³-hybridized carbons (Fsp3) is 0.588. The Kier molecular flexibility index (Phi) is 11.8. The van der Waals surface area contributed by atoms with Crippen LogP contribution in [0, 0.1) is 11.8 Å². The number of nitrogens with zero attached hydrogens (tertiary/aromatic N) is 2. The Labute approximate surface area is 251 Å². The van der Waals surface area contributed by atoms with Crippen LogP contribution in [0.1, 0.15) is 68.8 Å². The highest BCUT2D eigenvalue weighted by Gasteiger charge is 2.31. The number of aliphatic hydroxyl groups excluding tert-OH is 1. The number of rotatable bonds is 9. The number of aliphatic hydroxyl groups is 1. The summed E-state index contributed by atoms with van der Waals surface area (Å²) in [5.41, 5.74) is 1.83.